The number of hydrogen-bond donors (Lipinski definition) is 1. The highest BCUT2D eigenvalue weighted by Gasteiger charge is 2.23. The van der Waals surface area contributed by atoms with Gasteiger partial charge in [-0.3, -0.25) is 4.90 Å². The van der Waals surface area contributed by atoms with Gasteiger partial charge in [-0.1, -0.05) is 0 Å². The van der Waals surface area contributed by atoms with Crippen LogP contribution in [0.15, 0.2) is 30.5 Å². The molecule has 118 valence electrons. The van der Waals surface area contributed by atoms with Crippen LogP contribution in [0.2, 0.25) is 0 Å². The second kappa shape index (κ2) is 6.92. The Morgan fingerprint density at radius 3 is 2.91 bits per heavy atom. The summed E-state index contributed by atoms with van der Waals surface area (Å²) < 4.78 is 18.5. The topological polar surface area (TPSA) is 41.2 Å². The van der Waals surface area contributed by atoms with Gasteiger partial charge in [0, 0.05) is 30.9 Å². The van der Waals surface area contributed by atoms with Crippen LogP contribution in [-0.2, 0) is 0 Å². The van der Waals surface area contributed by atoms with Gasteiger partial charge < -0.3 is 9.72 Å². The summed E-state index contributed by atoms with van der Waals surface area (Å²) in [6.45, 7) is 5.65. The van der Waals surface area contributed by atoms with E-state index in [1.54, 1.807) is 12.1 Å². The first kappa shape index (κ1) is 15.0. The second-order valence-corrected chi connectivity index (χ2v) is 5.89. The zero-order valence-corrected chi connectivity index (χ0v) is 12.9. The van der Waals surface area contributed by atoms with E-state index in [9.17, 15) is 4.39 Å². The lowest BCUT2D eigenvalue weighted by molar-refractivity contribution is 0.168. The van der Waals surface area contributed by atoms with Gasteiger partial charge in [0.2, 0.25) is 0 Å². The number of H-pyrrole nitrogens is 1. The number of benzene rings is 1. The van der Waals surface area contributed by atoms with Crippen LogP contribution in [0, 0.1) is 12.7 Å². The van der Waals surface area contributed by atoms with Crippen molar-refractivity contribution in [2.45, 2.75) is 25.7 Å². The third kappa shape index (κ3) is 3.85. The highest BCUT2D eigenvalue weighted by atomic mass is 19.1. The third-order valence-corrected chi connectivity index (χ3v) is 4.10. The number of aromatic nitrogens is 2. The number of aromatic amines is 1. The summed E-state index contributed by atoms with van der Waals surface area (Å²) in [5.74, 6) is 2.06. The van der Waals surface area contributed by atoms with Gasteiger partial charge in [0.15, 0.2) is 0 Å². The maximum atomic E-state index is 12.8. The molecule has 0 radical (unpaired) electrons. The van der Waals surface area contributed by atoms with Crippen LogP contribution in [0.3, 0.4) is 0 Å². The summed E-state index contributed by atoms with van der Waals surface area (Å²) in [6.07, 6.45) is 4.26. The maximum absolute atomic E-state index is 12.8. The lowest BCUT2D eigenvalue weighted by Gasteiger charge is -2.31. The van der Waals surface area contributed by atoms with Crippen molar-refractivity contribution in [1.29, 1.82) is 0 Å². The molecule has 0 amide bonds. The number of nitrogens with zero attached hydrogens (tertiary/aromatic N) is 2. The minimum absolute atomic E-state index is 0.236. The first-order valence-electron chi connectivity index (χ1n) is 7.83. The van der Waals surface area contributed by atoms with E-state index in [0.29, 0.717) is 12.5 Å². The molecule has 1 aromatic heterocycles. The highest BCUT2D eigenvalue weighted by molar-refractivity contribution is 5.22. The molecule has 1 atom stereocenters. The molecule has 1 aliphatic rings. The van der Waals surface area contributed by atoms with Crippen LogP contribution in [0.25, 0.3) is 0 Å². The molecule has 0 spiro atoms. The van der Waals surface area contributed by atoms with Gasteiger partial charge in [-0.15, -0.1) is 0 Å². The SMILES string of the molecule is Cc1cnc([C@@H]2CCCN(CCOc3ccc(F)cc3)C2)[nH]1. The lowest BCUT2D eigenvalue weighted by Crippen LogP contribution is -2.37. The van der Waals surface area contributed by atoms with E-state index in [-0.39, 0.29) is 5.82 Å². The monoisotopic (exact) mass is 303 g/mol. The molecule has 2 aromatic rings. The number of piperidine rings is 1. The Morgan fingerprint density at radius 2 is 2.18 bits per heavy atom. The number of nitrogens with one attached hydrogen (secondary N) is 1. The molecule has 0 unspecified atom stereocenters. The Kier molecular flexibility index (Phi) is 4.73. The van der Waals surface area contributed by atoms with E-state index >= 15 is 0 Å². The van der Waals surface area contributed by atoms with Gasteiger partial charge in [0.1, 0.15) is 24.0 Å². The van der Waals surface area contributed by atoms with Crippen molar-refractivity contribution in [3.63, 3.8) is 0 Å². The number of rotatable bonds is 5. The molecule has 22 heavy (non-hydrogen) atoms. The van der Waals surface area contributed by atoms with E-state index in [0.717, 1.165) is 36.9 Å². The van der Waals surface area contributed by atoms with Gasteiger partial charge in [-0.05, 0) is 50.6 Å². The molecular weight excluding hydrogens is 281 g/mol. The fraction of sp³-hybridized carbons (Fsp3) is 0.471. The second-order valence-electron chi connectivity index (χ2n) is 5.89. The number of halogens is 1. The molecule has 2 heterocycles. The first-order valence-corrected chi connectivity index (χ1v) is 7.83. The molecule has 4 nitrogen and oxygen atoms in total. The molecule has 1 fully saturated rings. The Hall–Kier alpha value is -1.88. The number of likely N-dealkylation sites (tertiary alicyclic amines) is 1. The fourth-order valence-electron chi connectivity index (χ4n) is 2.95. The summed E-state index contributed by atoms with van der Waals surface area (Å²) in [6, 6.07) is 6.18. The van der Waals surface area contributed by atoms with Crippen LogP contribution >= 0.6 is 0 Å². The Labute approximate surface area is 130 Å². The van der Waals surface area contributed by atoms with Crippen LogP contribution in [0.5, 0.6) is 5.75 Å². The van der Waals surface area contributed by atoms with Crippen molar-refractivity contribution in [1.82, 2.24) is 14.9 Å². The molecule has 3 rings (SSSR count). The first-order chi connectivity index (χ1) is 10.7. The summed E-state index contributed by atoms with van der Waals surface area (Å²) >= 11 is 0. The summed E-state index contributed by atoms with van der Waals surface area (Å²) in [5.41, 5.74) is 1.12. The minimum atomic E-state index is -0.236. The average molecular weight is 303 g/mol. The van der Waals surface area contributed by atoms with Crippen LogP contribution < -0.4 is 4.74 Å². The highest BCUT2D eigenvalue weighted by Crippen LogP contribution is 2.24. The Morgan fingerprint density at radius 1 is 1.36 bits per heavy atom. The zero-order valence-electron chi connectivity index (χ0n) is 12.9. The van der Waals surface area contributed by atoms with E-state index in [1.807, 2.05) is 13.1 Å². The average Bonchev–Trinajstić information content (AvgIpc) is 2.96. The molecule has 0 bridgehead atoms. The fourth-order valence-corrected chi connectivity index (χ4v) is 2.95. The molecule has 1 aromatic carbocycles. The summed E-state index contributed by atoms with van der Waals surface area (Å²) in [7, 11) is 0. The van der Waals surface area contributed by atoms with E-state index < -0.39 is 0 Å². The van der Waals surface area contributed by atoms with E-state index in [1.165, 1.54) is 25.0 Å². The minimum Gasteiger partial charge on any atom is -0.492 e. The Bertz CT molecular complexity index is 596. The van der Waals surface area contributed by atoms with E-state index in [4.69, 9.17) is 4.74 Å². The number of aryl methyl sites for hydroxylation is 1. The van der Waals surface area contributed by atoms with Gasteiger partial charge >= 0.3 is 0 Å². The molecule has 0 aliphatic carbocycles. The van der Waals surface area contributed by atoms with E-state index in [2.05, 4.69) is 14.9 Å². The largest absolute Gasteiger partial charge is 0.492 e. The normalized spacial score (nSPS) is 19.3. The van der Waals surface area contributed by atoms with Gasteiger partial charge in [-0.2, -0.15) is 0 Å². The smallest absolute Gasteiger partial charge is 0.123 e. The number of ether oxygens (including phenoxy) is 1. The van der Waals surface area contributed by atoms with Crippen LogP contribution in [0.1, 0.15) is 30.3 Å². The predicted molar refractivity (Wildman–Crippen MR) is 83.6 cm³/mol. The predicted octanol–water partition coefficient (Wildman–Crippen LogP) is 3.12. The van der Waals surface area contributed by atoms with Crippen molar-refractivity contribution < 1.29 is 9.13 Å². The van der Waals surface area contributed by atoms with Crippen LogP contribution in [-0.4, -0.2) is 41.1 Å². The molecule has 1 saturated heterocycles. The van der Waals surface area contributed by atoms with Crippen molar-refractivity contribution in [2.75, 3.05) is 26.2 Å². The number of hydrogen-bond acceptors (Lipinski definition) is 3. The van der Waals surface area contributed by atoms with Crippen molar-refractivity contribution in [2.24, 2.45) is 0 Å². The lowest BCUT2D eigenvalue weighted by atomic mass is 9.97. The van der Waals surface area contributed by atoms with Crippen molar-refractivity contribution in [3.05, 3.63) is 47.8 Å². The zero-order chi connectivity index (χ0) is 15.4. The molecular formula is C17H22FN3O. The number of imidazole rings is 1. The van der Waals surface area contributed by atoms with Crippen molar-refractivity contribution >= 4 is 0 Å². The van der Waals surface area contributed by atoms with Gasteiger partial charge in [0.25, 0.3) is 0 Å². The van der Waals surface area contributed by atoms with Crippen molar-refractivity contribution in [3.8, 4) is 5.75 Å². The standard InChI is InChI=1S/C17H22FN3O/c1-13-11-19-17(20-13)14-3-2-8-21(12-14)9-10-22-16-6-4-15(18)5-7-16/h4-7,11,14H,2-3,8-10,12H2,1H3,(H,19,20)/t14-/m1/s1. The molecule has 5 heteroatoms. The molecule has 0 saturated carbocycles. The molecule has 1 aliphatic heterocycles. The summed E-state index contributed by atoms with van der Waals surface area (Å²) in [4.78, 5) is 10.2. The Balaban J connectivity index is 1.47. The molecule has 1 N–H and O–H groups in total. The summed E-state index contributed by atoms with van der Waals surface area (Å²) in [5, 5.41) is 0. The quantitative estimate of drug-likeness (QED) is 0.922. The van der Waals surface area contributed by atoms with Crippen LogP contribution in [0.4, 0.5) is 4.39 Å². The van der Waals surface area contributed by atoms with Gasteiger partial charge in [-0.25, -0.2) is 9.37 Å². The van der Waals surface area contributed by atoms with Gasteiger partial charge in [0.05, 0.1) is 0 Å². The third-order valence-electron chi connectivity index (χ3n) is 4.10. The maximum Gasteiger partial charge on any atom is 0.123 e.